The molecule has 0 saturated heterocycles. The fourth-order valence-electron chi connectivity index (χ4n) is 2.58. The quantitative estimate of drug-likeness (QED) is 0.850. The maximum atomic E-state index is 5.72. The summed E-state index contributed by atoms with van der Waals surface area (Å²) in [7, 11) is 3.70. The highest BCUT2D eigenvalue weighted by molar-refractivity contribution is 5.19. The van der Waals surface area contributed by atoms with E-state index in [0.717, 1.165) is 17.8 Å². The first-order valence-electron chi connectivity index (χ1n) is 7.30. The van der Waals surface area contributed by atoms with Crippen LogP contribution in [-0.4, -0.2) is 35.0 Å². The summed E-state index contributed by atoms with van der Waals surface area (Å²) in [6.45, 7) is 4.22. The van der Waals surface area contributed by atoms with Crippen LogP contribution in [0.15, 0.2) is 36.7 Å². The fraction of sp³-hybridized carbons (Fsp3) is 0.500. The van der Waals surface area contributed by atoms with Crippen LogP contribution in [-0.2, 0) is 11.2 Å². The van der Waals surface area contributed by atoms with Gasteiger partial charge in [-0.3, -0.25) is 0 Å². The maximum absolute atomic E-state index is 5.72. The Balaban J connectivity index is 2.20. The molecule has 0 amide bonds. The number of nitrogens with zero attached hydrogens (tertiary/aromatic N) is 3. The summed E-state index contributed by atoms with van der Waals surface area (Å²) in [6.07, 6.45) is 2.36. The molecule has 5 heteroatoms. The van der Waals surface area contributed by atoms with Gasteiger partial charge in [0.15, 0.2) is 0 Å². The second kappa shape index (κ2) is 7.33. The largest absolute Gasteiger partial charge is 0.375 e. The summed E-state index contributed by atoms with van der Waals surface area (Å²) in [5.41, 5.74) is 1.16. The van der Waals surface area contributed by atoms with Gasteiger partial charge in [-0.25, -0.2) is 9.67 Å². The van der Waals surface area contributed by atoms with Crippen molar-refractivity contribution in [2.75, 3.05) is 14.2 Å². The fourth-order valence-corrected chi connectivity index (χ4v) is 2.58. The molecular weight excluding hydrogens is 264 g/mol. The highest BCUT2D eigenvalue weighted by Gasteiger charge is 2.24. The summed E-state index contributed by atoms with van der Waals surface area (Å²) in [6, 6.07) is 10.7. The molecule has 5 nitrogen and oxygen atoms in total. The van der Waals surface area contributed by atoms with Crippen LogP contribution >= 0.6 is 0 Å². The molecule has 0 saturated carbocycles. The van der Waals surface area contributed by atoms with E-state index in [4.69, 9.17) is 4.74 Å². The van der Waals surface area contributed by atoms with Crippen molar-refractivity contribution in [1.29, 1.82) is 0 Å². The predicted octanol–water partition coefficient (Wildman–Crippen LogP) is 2.38. The molecule has 1 heterocycles. The van der Waals surface area contributed by atoms with Crippen molar-refractivity contribution >= 4 is 0 Å². The molecule has 114 valence electrons. The standard InChI is InChI=1S/C16H24N4O/c1-12(2)20-15(18-11-19-20)10-14(17-3)16(21-4)13-8-6-5-7-9-13/h5-9,11-12,14,16-17H,10H2,1-4H3. The third-order valence-electron chi connectivity index (χ3n) is 3.66. The van der Waals surface area contributed by atoms with Crippen molar-refractivity contribution in [3.8, 4) is 0 Å². The van der Waals surface area contributed by atoms with Gasteiger partial charge in [0.1, 0.15) is 12.2 Å². The van der Waals surface area contributed by atoms with Crippen molar-refractivity contribution < 1.29 is 4.74 Å². The maximum Gasteiger partial charge on any atom is 0.138 e. The van der Waals surface area contributed by atoms with Gasteiger partial charge >= 0.3 is 0 Å². The number of likely N-dealkylation sites (N-methyl/N-ethyl adjacent to an activating group) is 1. The summed E-state index contributed by atoms with van der Waals surface area (Å²) in [5.74, 6) is 0.974. The molecule has 0 aliphatic carbocycles. The number of ether oxygens (including phenoxy) is 1. The third kappa shape index (κ3) is 3.68. The number of aromatic nitrogens is 3. The average molecular weight is 288 g/mol. The van der Waals surface area contributed by atoms with Crippen LogP contribution in [0.25, 0.3) is 0 Å². The Bertz CT molecular complexity index is 538. The molecular formula is C16H24N4O. The first-order valence-corrected chi connectivity index (χ1v) is 7.30. The molecule has 1 aromatic carbocycles. The Morgan fingerprint density at radius 1 is 1.24 bits per heavy atom. The molecule has 1 aromatic heterocycles. The average Bonchev–Trinajstić information content (AvgIpc) is 2.96. The van der Waals surface area contributed by atoms with Crippen molar-refractivity contribution in [2.45, 2.75) is 38.5 Å². The van der Waals surface area contributed by atoms with E-state index >= 15 is 0 Å². The molecule has 0 aliphatic rings. The SMILES string of the molecule is CNC(Cc1ncnn1C(C)C)C(OC)c1ccccc1. The van der Waals surface area contributed by atoms with Gasteiger partial charge < -0.3 is 10.1 Å². The van der Waals surface area contributed by atoms with E-state index in [1.807, 2.05) is 29.9 Å². The molecule has 0 fully saturated rings. The molecule has 2 aromatic rings. The van der Waals surface area contributed by atoms with E-state index < -0.39 is 0 Å². The molecule has 0 aliphatic heterocycles. The zero-order valence-corrected chi connectivity index (χ0v) is 13.2. The number of hydrogen-bond donors (Lipinski definition) is 1. The van der Waals surface area contributed by atoms with E-state index in [1.165, 1.54) is 0 Å². The Morgan fingerprint density at radius 3 is 2.52 bits per heavy atom. The van der Waals surface area contributed by atoms with Gasteiger partial charge in [-0.2, -0.15) is 5.10 Å². The molecule has 0 spiro atoms. The number of methoxy groups -OCH3 is 1. The zero-order chi connectivity index (χ0) is 15.2. The monoisotopic (exact) mass is 288 g/mol. The highest BCUT2D eigenvalue weighted by atomic mass is 16.5. The van der Waals surface area contributed by atoms with Gasteiger partial charge in [-0.1, -0.05) is 30.3 Å². The van der Waals surface area contributed by atoms with Crippen LogP contribution < -0.4 is 5.32 Å². The molecule has 0 bridgehead atoms. The Hall–Kier alpha value is -1.72. The zero-order valence-electron chi connectivity index (χ0n) is 13.2. The van der Waals surface area contributed by atoms with Gasteiger partial charge in [0, 0.05) is 25.6 Å². The Labute approximate surface area is 126 Å². The van der Waals surface area contributed by atoms with Gasteiger partial charge in [-0.05, 0) is 26.5 Å². The lowest BCUT2D eigenvalue weighted by Crippen LogP contribution is -2.36. The number of hydrogen-bond acceptors (Lipinski definition) is 4. The Kier molecular flexibility index (Phi) is 5.47. The van der Waals surface area contributed by atoms with E-state index in [1.54, 1.807) is 13.4 Å². The lowest BCUT2D eigenvalue weighted by atomic mass is 9.99. The smallest absolute Gasteiger partial charge is 0.138 e. The highest BCUT2D eigenvalue weighted by Crippen LogP contribution is 2.23. The van der Waals surface area contributed by atoms with Gasteiger partial charge in [0.05, 0.1) is 6.10 Å². The molecule has 1 N–H and O–H groups in total. The van der Waals surface area contributed by atoms with E-state index in [2.05, 4.69) is 41.4 Å². The van der Waals surface area contributed by atoms with E-state index in [-0.39, 0.29) is 12.1 Å². The first kappa shape index (κ1) is 15.7. The Morgan fingerprint density at radius 2 is 1.95 bits per heavy atom. The van der Waals surface area contributed by atoms with Gasteiger partial charge in [0.25, 0.3) is 0 Å². The predicted molar refractivity (Wildman–Crippen MR) is 83.2 cm³/mol. The molecule has 2 rings (SSSR count). The molecule has 21 heavy (non-hydrogen) atoms. The summed E-state index contributed by atoms with van der Waals surface area (Å²) in [4.78, 5) is 4.39. The van der Waals surface area contributed by atoms with Crippen molar-refractivity contribution in [1.82, 2.24) is 20.1 Å². The minimum Gasteiger partial charge on any atom is -0.375 e. The molecule has 2 unspecified atom stereocenters. The van der Waals surface area contributed by atoms with Gasteiger partial charge in [-0.15, -0.1) is 0 Å². The number of benzene rings is 1. The van der Waals surface area contributed by atoms with Crippen LogP contribution in [0.3, 0.4) is 0 Å². The van der Waals surface area contributed by atoms with E-state index in [9.17, 15) is 0 Å². The number of nitrogens with one attached hydrogen (secondary N) is 1. The van der Waals surface area contributed by atoms with Crippen LogP contribution in [0.5, 0.6) is 0 Å². The van der Waals surface area contributed by atoms with Crippen LogP contribution in [0.2, 0.25) is 0 Å². The second-order valence-electron chi connectivity index (χ2n) is 5.38. The lowest BCUT2D eigenvalue weighted by molar-refractivity contribution is 0.0693. The van der Waals surface area contributed by atoms with Crippen LogP contribution in [0, 0.1) is 0 Å². The van der Waals surface area contributed by atoms with Crippen molar-refractivity contribution in [3.63, 3.8) is 0 Å². The number of rotatable bonds is 7. The summed E-state index contributed by atoms with van der Waals surface area (Å²) < 4.78 is 7.68. The minimum absolute atomic E-state index is 0.0199. The minimum atomic E-state index is -0.0199. The molecule has 0 radical (unpaired) electrons. The topological polar surface area (TPSA) is 52.0 Å². The second-order valence-corrected chi connectivity index (χ2v) is 5.38. The van der Waals surface area contributed by atoms with Crippen molar-refractivity contribution in [3.05, 3.63) is 48.0 Å². The lowest BCUT2D eigenvalue weighted by Gasteiger charge is -2.26. The van der Waals surface area contributed by atoms with Gasteiger partial charge in [0.2, 0.25) is 0 Å². The van der Waals surface area contributed by atoms with E-state index in [0.29, 0.717) is 6.04 Å². The normalized spacial score (nSPS) is 14.3. The van der Waals surface area contributed by atoms with Crippen LogP contribution in [0.4, 0.5) is 0 Å². The molecule has 2 atom stereocenters. The van der Waals surface area contributed by atoms with Crippen molar-refractivity contribution in [2.24, 2.45) is 0 Å². The van der Waals surface area contributed by atoms with Crippen LogP contribution in [0.1, 0.15) is 37.4 Å². The third-order valence-corrected chi connectivity index (χ3v) is 3.66. The first-order chi connectivity index (χ1) is 10.2. The summed E-state index contributed by atoms with van der Waals surface area (Å²) in [5, 5.41) is 7.65. The summed E-state index contributed by atoms with van der Waals surface area (Å²) >= 11 is 0.